The van der Waals surface area contributed by atoms with Gasteiger partial charge >= 0.3 is 0 Å². The molecule has 0 radical (unpaired) electrons. The van der Waals surface area contributed by atoms with Crippen molar-refractivity contribution < 1.29 is 9.53 Å². The number of halogens is 1. The quantitative estimate of drug-likeness (QED) is 0.299. The smallest absolute Gasteiger partial charge is 0.262 e. The standard InChI is InChI=1S/C21H22BrN3O3S/c1-14-12-15(22)8-9-17(14)23-19(26)13-29-21-24-18-7-4-3-6-16(18)20(27)25(21)10-5-11-28-2/h3-4,6-9,12H,5,10-11,13H2,1-2H3,(H,23,26). The molecule has 0 saturated heterocycles. The molecule has 0 aliphatic rings. The lowest BCUT2D eigenvalue weighted by molar-refractivity contribution is -0.113. The second kappa shape index (κ2) is 10.0. The first kappa shape index (κ1) is 21.5. The summed E-state index contributed by atoms with van der Waals surface area (Å²) in [5, 5.41) is 4.02. The fraction of sp³-hybridized carbons (Fsp3) is 0.286. The van der Waals surface area contributed by atoms with E-state index in [0.29, 0.717) is 35.6 Å². The molecule has 152 valence electrons. The number of fused-ring (bicyclic) bond motifs is 1. The lowest BCUT2D eigenvalue weighted by Crippen LogP contribution is -2.25. The topological polar surface area (TPSA) is 73.2 Å². The van der Waals surface area contributed by atoms with Crippen molar-refractivity contribution >= 4 is 50.2 Å². The first-order valence-electron chi connectivity index (χ1n) is 9.17. The van der Waals surface area contributed by atoms with Gasteiger partial charge in [0.25, 0.3) is 5.56 Å². The number of thioether (sulfide) groups is 1. The summed E-state index contributed by atoms with van der Waals surface area (Å²) in [6, 6.07) is 12.9. The largest absolute Gasteiger partial charge is 0.385 e. The van der Waals surface area contributed by atoms with Crippen molar-refractivity contribution in [3.8, 4) is 0 Å². The minimum absolute atomic E-state index is 0.0987. The molecule has 0 spiro atoms. The number of ether oxygens (including phenoxy) is 1. The molecule has 0 atom stereocenters. The van der Waals surface area contributed by atoms with E-state index >= 15 is 0 Å². The predicted molar refractivity (Wildman–Crippen MR) is 121 cm³/mol. The van der Waals surface area contributed by atoms with E-state index in [1.54, 1.807) is 17.7 Å². The zero-order chi connectivity index (χ0) is 20.8. The summed E-state index contributed by atoms with van der Waals surface area (Å²) >= 11 is 4.68. The summed E-state index contributed by atoms with van der Waals surface area (Å²) in [4.78, 5) is 30.0. The van der Waals surface area contributed by atoms with Crippen molar-refractivity contribution in [3.05, 3.63) is 62.9 Å². The molecule has 0 fully saturated rings. The van der Waals surface area contributed by atoms with E-state index in [1.807, 2.05) is 43.3 Å². The number of amides is 1. The molecular weight excluding hydrogens is 454 g/mol. The van der Waals surface area contributed by atoms with Crippen LogP contribution < -0.4 is 10.9 Å². The van der Waals surface area contributed by atoms with E-state index < -0.39 is 0 Å². The highest BCUT2D eigenvalue weighted by Gasteiger charge is 2.13. The number of nitrogens with one attached hydrogen (secondary N) is 1. The van der Waals surface area contributed by atoms with Crippen LogP contribution in [0.2, 0.25) is 0 Å². The number of anilines is 1. The Balaban J connectivity index is 1.79. The van der Waals surface area contributed by atoms with E-state index in [-0.39, 0.29) is 17.2 Å². The highest BCUT2D eigenvalue weighted by molar-refractivity contribution is 9.10. The van der Waals surface area contributed by atoms with Crippen LogP contribution in [0, 0.1) is 6.92 Å². The Morgan fingerprint density at radius 3 is 2.83 bits per heavy atom. The van der Waals surface area contributed by atoms with Crippen molar-refractivity contribution in [2.75, 3.05) is 24.8 Å². The van der Waals surface area contributed by atoms with Crippen LogP contribution in [-0.2, 0) is 16.1 Å². The monoisotopic (exact) mass is 475 g/mol. The van der Waals surface area contributed by atoms with Gasteiger partial charge in [-0.1, -0.05) is 39.8 Å². The first-order valence-corrected chi connectivity index (χ1v) is 10.9. The summed E-state index contributed by atoms with van der Waals surface area (Å²) in [5.74, 6) is 0.0103. The minimum Gasteiger partial charge on any atom is -0.385 e. The minimum atomic E-state index is -0.147. The summed E-state index contributed by atoms with van der Waals surface area (Å²) in [6.07, 6.45) is 0.689. The van der Waals surface area contributed by atoms with E-state index in [0.717, 1.165) is 15.7 Å². The summed E-state index contributed by atoms with van der Waals surface area (Å²) in [5.41, 5.74) is 2.27. The van der Waals surface area contributed by atoms with Gasteiger partial charge in [-0.2, -0.15) is 0 Å². The average molecular weight is 476 g/mol. The third-order valence-corrected chi connectivity index (χ3v) is 5.82. The second-order valence-corrected chi connectivity index (χ2v) is 8.37. The van der Waals surface area contributed by atoms with E-state index in [2.05, 4.69) is 26.2 Å². The lowest BCUT2D eigenvalue weighted by Gasteiger charge is -2.13. The van der Waals surface area contributed by atoms with Gasteiger partial charge in [0, 0.05) is 30.4 Å². The predicted octanol–water partition coefficient (Wildman–Crippen LogP) is 4.23. The molecule has 6 nitrogen and oxygen atoms in total. The van der Waals surface area contributed by atoms with Crippen molar-refractivity contribution in [2.45, 2.75) is 25.0 Å². The van der Waals surface area contributed by atoms with Gasteiger partial charge in [-0.05, 0) is 49.2 Å². The third-order valence-electron chi connectivity index (χ3n) is 4.35. The summed E-state index contributed by atoms with van der Waals surface area (Å²) < 4.78 is 7.69. The van der Waals surface area contributed by atoms with Crippen LogP contribution in [0.15, 0.2) is 56.9 Å². The van der Waals surface area contributed by atoms with Gasteiger partial charge in [0.2, 0.25) is 5.91 Å². The molecule has 0 bridgehead atoms. The number of hydrogen-bond acceptors (Lipinski definition) is 5. The Hall–Kier alpha value is -2.16. The van der Waals surface area contributed by atoms with Crippen LogP contribution in [0.25, 0.3) is 10.9 Å². The molecule has 0 aliphatic carbocycles. The number of carbonyl (C=O) groups excluding carboxylic acids is 1. The molecule has 29 heavy (non-hydrogen) atoms. The van der Waals surface area contributed by atoms with Gasteiger partial charge < -0.3 is 10.1 Å². The zero-order valence-corrected chi connectivity index (χ0v) is 18.7. The van der Waals surface area contributed by atoms with Crippen LogP contribution in [0.1, 0.15) is 12.0 Å². The second-order valence-electron chi connectivity index (χ2n) is 6.51. The lowest BCUT2D eigenvalue weighted by atomic mass is 10.2. The number of hydrogen-bond donors (Lipinski definition) is 1. The number of methoxy groups -OCH3 is 1. The first-order chi connectivity index (χ1) is 14.0. The van der Waals surface area contributed by atoms with Crippen molar-refractivity contribution in [1.82, 2.24) is 9.55 Å². The maximum absolute atomic E-state index is 12.9. The van der Waals surface area contributed by atoms with Crippen molar-refractivity contribution in [3.63, 3.8) is 0 Å². The van der Waals surface area contributed by atoms with Crippen LogP contribution in [0.3, 0.4) is 0 Å². The van der Waals surface area contributed by atoms with Crippen LogP contribution >= 0.6 is 27.7 Å². The summed E-state index contributed by atoms with van der Waals surface area (Å²) in [7, 11) is 1.63. The Morgan fingerprint density at radius 1 is 1.28 bits per heavy atom. The highest BCUT2D eigenvalue weighted by atomic mass is 79.9. The molecule has 8 heteroatoms. The van der Waals surface area contributed by atoms with Gasteiger partial charge in [-0.25, -0.2) is 4.98 Å². The SMILES string of the molecule is COCCCn1c(SCC(=O)Nc2ccc(Br)cc2C)nc2ccccc2c1=O. The molecule has 1 aromatic heterocycles. The van der Waals surface area contributed by atoms with Crippen LogP contribution in [0.4, 0.5) is 5.69 Å². The van der Waals surface area contributed by atoms with E-state index in [9.17, 15) is 9.59 Å². The van der Waals surface area contributed by atoms with Crippen molar-refractivity contribution in [2.24, 2.45) is 0 Å². The highest BCUT2D eigenvalue weighted by Crippen LogP contribution is 2.22. The molecule has 0 aliphatic heterocycles. The molecule has 1 heterocycles. The molecule has 0 saturated carbocycles. The van der Waals surface area contributed by atoms with E-state index in [1.165, 1.54) is 11.8 Å². The zero-order valence-electron chi connectivity index (χ0n) is 16.3. The fourth-order valence-corrected chi connectivity index (χ4v) is 4.21. The molecule has 0 unspecified atom stereocenters. The van der Waals surface area contributed by atoms with Crippen molar-refractivity contribution in [1.29, 1.82) is 0 Å². The van der Waals surface area contributed by atoms with E-state index in [4.69, 9.17) is 4.74 Å². The maximum Gasteiger partial charge on any atom is 0.262 e. The molecule has 3 aromatic rings. The number of benzene rings is 2. The number of nitrogens with zero attached hydrogens (tertiary/aromatic N) is 2. The number of aryl methyl sites for hydroxylation is 1. The maximum atomic E-state index is 12.9. The summed E-state index contributed by atoms with van der Waals surface area (Å²) in [6.45, 7) is 2.97. The molecule has 1 amide bonds. The molecule has 1 N–H and O–H groups in total. The number of carbonyl (C=O) groups is 1. The van der Waals surface area contributed by atoms with Crippen LogP contribution in [0.5, 0.6) is 0 Å². The Bertz CT molecular complexity index is 1080. The molecular formula is C21H22BrN3O3S. The Kier molecular flexibility index (Phi) is 7.46. The number of rotatable bonds is 8. The number of para-hydroxylation sites is 1. The third kappa shape index (κ3) is 5.46. The normalized spacial score (nSPS) is 11.0. The Morgan fingerprint density at radius 2 is 2.07 bits per heavy atom. The van der Waals surface area contributed by atoms with Gasteiger partial charge in [-0.15, -0.1) is 0 Å². The average Bonchev–Trinajstić information content (AvgIpc) is 2.70. The van der Waals surface area contributed by atoms with Crippen LogP contribution in [-0.4, -0.2) is 34.9 Å². The molecule has 2 aromatic carbocycles. The van der Waals surface area contributed by atoms with Gasteiger partial charge in [-0.3, -0.25) is 14.2 Å². The molecule has 3 rings (SSSR count). The number of aromatic nitrogens is 2. The van der Waals surface area contributed by atoms with Gasteiger partial charge in [0.15, 0.2) is 5.16 Å². The Labute approximate surface area is 181 Å². The van der Waals surface area contributed by atoms with Gasteiger partial charge in [0.05, 0.1) is 16.7 Å². The van der Waals surface area contributed by atoms with Gasteiger partial charge in [0.1, 0.15) is 0 Å². The fourth-order valence-electron chi connectivity index (χ4n) is 2.91.